The molecular weight excluding hydrogens is 278 g/mol. The van der Waals surface area contributed by atoms with Gasteiger partial charge >= 0.3 is 0 Å². The van der Waals surface area contributed by atoms with Gasteiger partial charge in [-0.1, -0.05) is 5.21 Å². The van der Waals surface area contributed by atoms with Gasteiger partial charge in [-0.2, -0.15) is 0 Å². The van der Waals surface area contributed by atoms with E-state index in [4.69, 9.17) is 0 Å². The molecule has 15 heavy (non-hydrogen) atoms. The molecule has 2 aromatic heterocycles. The highest BCUT2D eigenvalue weighted by Gasteiger charge is 2.20. The number of aromatic nitrogens is 3. The monoisotopic (exact) mass is 287 g/mol. The van der Waals surface area contributed by atoms with Crippen LogP contribution in [-0.2, 0) is 7.05 Å². The van der Waals surface area contributed by atoms with Crippen molar-refractivity contribution in [1.29, 1.82) is 0 Å². The largest absolute Gasteiger partial charge is 0.381 e. The molecule has 80 valence electrons. The normalized spacial score (nSPS) is 13.1. The summed E-state index contributed by atoms with van der Waals surface area (Å²) < 4.78 is 2.16. The summed E-state index contributed by atoms with van der Waals surface area (Å²) in [6, 6.07) is 3.91. The number of nitrogens with zero attached hydrogens (tertiary/aromatic N) is 3. The van der Waals surface area contributed by atoms with Crippen LogP contribution in [0.2, 0.25) is 0 Å². The molecule has 1 atom stereocenters. The fourth-order valence-corrected chi connectivity index (χ4v) is 2.78. The van der Waals surface area contributed by atoms with Gasteiger partial charge in [0.1, 0.15) is 11.8 Å². The lowest BCUT2D eigenvalue weighted by Gasteiger charge is -2.08. The maximum atomic E-state index is 10.1. The predicted molar refractivity (Wildman–Crippen MR) is 61.8 cm³/mol. The first-order valence-corrected chi connectivity index (χ1v) is 6.00. The summed E-state index contributed by atoms with van der Waals surface area (Å²) in [5.41, 5.74) is 0.678. The molecular formula is C9H10BrN3OS. The number of halogens is 1. The molecule has 0 spiro atoms. The average Bonchev–Trinajstić information content (AvgIpc) is 2.73. The van der Waals surface area contributed by atoms with Gasteiger partial charge in [-0.05, 0) is 35.0 Å². The van der Waals surface area contributed by atoms with Crippen LogP contribution in [0.4, 0.5) is 0 Å². The van der Waals surface area contributed by atoms with Crippen molar-refractivity contribution in [2.24, 2.45) is 7.05 Å². The summed E-state index contributed by atoms with van der Waals surface area (Å²) >= 11 is 4.84. The Morgan fingerprint density at radius 1 is 1.53 bits per heavy atom. The van der Waals surface area contributed by atoms with Crippen molar-refractivity contribution in [2.75, 3.05) is 0 Å². The van der Waals surface area contributed by atoms with Crippen LogP contribution in [0.5, 0.6) is 0 Å². The molecule has 1 unspecified atom stereocenters. The van der Waals surface area contributed by atoms with Gasteiger partial charge in [0.05, 0.1) is 0 Å². The number of aliphatic hydroxyl groups is 1. The highest BCUT2D eigenvalue weighted by atomic mass is 79.9. The van der Waals surface area contributed by atoms with Gasteiger partial charge in [-0.15, -0.1) is 16.4 Å². The lowest BCUT2D eigenvalue weighted by molar-refractivity contribution is 0.212. The molecule has 0 radical (unpaired) electrons. The van der Waals surface area contributed by atoms with E-state index in [0.29, 0.717) is 10.3 Å². The van der Waals surface area contributed by atoms with Gasteiger partial charge in [0.2, 0.25) is 0 Å². The molecule has 2 aromatic rings. The second-order valence-corrected chi connectivity index (χ2v) is 5.31. The lowest BCUT2D eigenvalue weighted by Crippen LogP contribution is -2.05. The fraction of sp³-hybridized carbons (Fsp3) is 0.333. The minimum Gasteiger partial charge on any atom is -0.381 e. The van der Waals surface area contributed by atoms with E-state index in [9.17, 15) is 5.11 Å². The molecule has 0 aliphatic heterocycles. The highest BCUT2D eigenvalue weighted by Crippen LogP contribution is 2.30. The number of rotatable bonds is 2. The van der Waals surface area contributed by atoms with Crippen molar-refractivity contribution in [3.05, 3.63) is 32.2 Å². The van der Waals surface area contributed by atoms with Crippen LogP contribution in [0, 0.1) is 6.92 Å². The first-order valence-electron chi connectivity index (χ1n) is 4.39. The second-order valence-electron chi connectivity index (χ2n) is 3.24. The van der Waals surface area contributed by atoms with Gasteiger partial charge in [-0.3, -0.25) is 0 Å². The molecule has 0 saturated carbocycles. The fourth-order valence-electron chi connectivity index (χ4n) is 1.36. The van der Waals surface area contributed by atoms with Gasteiger partial charge < -0.3 is 5.11 Å². The van der Waals surface area contributed by atoms with Crippen LogP contribution in [0.1, 0.15) is 21.6 Å². The molecule has 6 heteroatoms. The SMILES string of the molecule is Cc1ccc(C(O)c2c(Br)nnn2C)s1. The number of aryl methyl sites for hydroxylation is 2. The molecule has 0 fully saturated rings. The number of aliphatic hydroxyl groups excluding tert-OH is 1. The highest BCUT2D eigenvalue weighted by molar-refractivity contribution is 9.10. The molecule has 0 amide bonds. The Labute approximate surface area is 99.7 Å². The Balaban J connectivity index is 2.40. The first-order chi connectivity index (χ1) is 7.09. The summed E-state index contributed by atoms with van der Waals surface area (Å²) in [6.07, 6.45) is -0.668. The molecule has 2 heterocycles. The van der Waals surface area contributed by atoms with E-state index in [-0.39, 0.29) is 0 Å². The molecule has 0 aliphatic rings. The van der Waals surface area contributed by atoms with Gasteiger partial charge in [0, 0.05) is 16.8 Å². The number of hydrogen-bond acceptors (Lipinski definition) is 4. The number of thiophene rings is 1. The third kappa shape index (κ3) is 1.97. The van der Waals surface area contributed by atoms with E-state index >= 15 is 0 Å². The second kappa shape index (κ2) is 4.03. The summed E-state index contributed by atoms with van der Waals surface area (Å²) in [7, 11) is 1.76. The summed E-state index contributed by atoms with van der Waals surface area (Å²) in [4.78, 5) is 2.08. The van der Waals surface area contributed by atoms with Crippen LogP contribution >= 0.6 is 27.3 Å². The Morgan fingerprint density at radius 3 is 2.73 bits per heavy atom. The zero-order valence-electron chi connectivity index (χ0n) is 8.31. The van der Waals surface area contributed by atoms with Crippen molar-refractivity contribution in [2.45, 2.75) is 13.0 Å². The number of hydrogen-bond donors (Lipinski definition) is 1. The summed E-state index contributed by atoms with van der Waals surface area (Å²) in [6.45, 7) is 2.01. The molecule has 0 aromatic carbocycles. The zero-order valence-corrected chi connectivity index (χ0v) is 10.7. The van der Waals surface area contributed by atoms with E-state index in [0.717, 1.165) is 4.88 Å². The van der Waals surface area contributed by atoms with Crippen LogP contribution in [0.25, 0.3) is 0 Å². The molecule has 0 aliphatic carbocycles. The van der Waals surface area contributed by atoms with Gasteiger partial charge in [0.15, 0.2) is 4.60 Å². The Kier molecular flexibility index (Phi) is 2.90. The zero-order chi connectivity index (χ0) is 11.0. The van der Waals surface area contributed by atoms with Crippen molar-refractivity contribution < 1.29 is 5.11 Å². The van der Waals surface area contributed by atoms with E-state index in [1.165, 1.54) is 4.88 Å². The van der Waals surface area contributed by atoms with E-state index in [1.807, 2.05) is 19.1 Å². The smallest absolute Gasteiger partial charge is 0.154 e. The standard InChI is InChI=1S/C9H10BrN3OS/c1-5-3-4-6(15-5)8(14)7-9(10)11-12-13(7)2/h3-4,8,14H,1-2H3. The molecule has 0 bridgehead atoms. The van der Waals surface area contributed by atoms with Crippen molar-refractivity contribution in [3.63, 3.8) is 0 Å². The topological polar surface area (TPSA) is 50.9 Å². The van der Waals surface area contributed by atoms with Crippen molar-refractivity contribution in [3.8, 4) is 0 Å². The Hall–Kier alpha value is -0.720. The van der Waals surface area contributed by atoms with Gasteiger partial charge in [-0.25, -0.2) is 4.68 Å². The quantitative estimate of drug-likeness (QED) is 0.920. The molecule has 1 N–H and O–H groups in total. The van der Waals surface area contributed by atoms with E-state index < -0.39 is 6.10 Å². The molecule has 0 saturated heterocycles. The first kappa shape index (κ1) is 10.8. The maximum Gasteiger partial charge on any atom is 0.154 e. The Morgan fingerprint density at radius 2 is 2.27 bits per heavy atom. The summed E-state index contributed by atoms with van der Waals surface area (Å²) in [5.74, 6) is 0. The van der Waals surface area contributed by atoms with E-state index in [1.54, 1.807) is 23.1 Å². The van der Waals surface area contributed by atoms with Gasteiger partial charge in [0.25, 0.3) is 0 Å². The lowest BCUT2D eigenvalue weighted by atomic mass is 10.2. The average molecular weight is 288 g/mol. The predicted octanol–water partition coefficient (Wildman–Crippen LogP) is 2.03. The van der Waals surface area contributed by atoms with Crippen molar-refractivity contribution in [1.82, 2.24) is 15.0 Å². The third-order valence-corrected chi connectivity index (χ3v) is 3.73. The van der Waals surface area contributed by atoms with E-state index in [2.05, 4.69) is 26.2 Å². The van der Waals surface area contributed by atoms with Crippen LogP contribution < -0.4 is 0 Å². The van der Waals surface area contributed by atoms with Crippen LogP contribution in [0.3, 0.4) is 0 Å². The molecule has 2 rings (SSSR count). The minimum atomic E-state index is -0.668. The third-order valence-electron chi connectivity index (χ3n) is 2.12. The molecule has 4 nitrogen and oxygen atoms in total. The maximum absolute atomic E-state index is 10.1. The Bertz CT molecular complexity index is 460. The van der Waals surface area contributed by atoms with Crippen molar-refractivity contribution >= 4 is 27.3 Å². The minimum absolute atomic E-state index is 0.587. The van der Waals surface area contributed by atoms with Crippen LogP contribution in [-0.4, -0.2) is 20.1 Å². The van der Waals surface area contributed by atoms with Crippen LogP contribution in [0.15, 0.2) is 16.7 Å². The summed E-state index contributed by atoms with van der Waals surface area (Å²) in [5, 5.41) is 17.8.